The molecule has 4 aromatic heterocycles. The Morgan fingerprint density at radius 2 is 0.982 bits per heavy atom. The molecular weight excluding hydrogens is 673 g/mol. The standard InChI is InChI=1S/C49H32N6/c1-31-30-42(41-27-25-36-26-28-43(52-45(36)46(41)51-31)40-15-9-13-34-10-5-6-14-39(34)40)35-21-17-32(18-22-35)33-19-23-38(24-20-33)48-53-47(37-11-3-2-4-12-37)54-49(55-48)44-16-7-8-29-50-44/h2-30H,1H3. The number of aryl methyl sites for hydroxylation is 1. The van der Waals surface area contributed by atoms with Crippen LogP contribution in [0.3, 0.4) is 0 Å². The molecule has 0 amide bonds. The fourth-order valence-corrected chi connectivity index (χ4v) is 7.32. The van der Waals surface area contributed by atoms with Crippen LogP contribution < -0.4 is 0 Å². The summed E-state index contributed by atoms with van der Waals surface area (Å²) in [5, 5.41) is 4.54. The normalized spacial score (nSPS) is 11.4. The second-order valence-corrected chi connectivity index (χ2v) is 13.6. The lowest BCUT2D eigenvalue weighted by Gasteiger charge is -2.13. The van der Waals surface area contributed by atoms with Crippen LogP contribution in [0.5, 0.6) is 0 Å². The van der Waals surface area contributed by atoms with Gasteiger partial charge >= 0.3 is 0 Å². The highest BCUT2D eigenvalue weighted by Gasteiger charge is 2.15. The van der Waals surface area contributed by atoms with Gasteiger partial charge < -0.3 is 0 Å². The Labute approximate surface area is 318 Å². The maximum Gasteiger partial charge on any atom is 0.182 e. The van der Waals surface area contributed by atoms with Gasteiger partial charge in [-0.05, 0) is 64.2 Å². The molecule has 0 saturated heterocycles. The third-order valence-corrected chi connectivity index (χ3v) is 10.1. The van der Waals surface area contributed by atoms with Crippen LogP contribution in [0.2, 0.25) is 0 Å². The van der Waals surface area contributed by atoms with E-state index in [4.69, 9.17) is 24.9 Å². The SMILES string of the molecule is Cc1cc(-c2ccc(-c3ccc(-c4nc(-c5ccccc5)nc(-c5ccccn5)n4)cc3)cc2)c2ccc3ccc(-c4cccc5ccccc45)nc3c2n1. The van der Waals surface area contributed by atoms with E-state index in [0.717, 1.165) is 72.1 Å². The minimum Gasteiger partial charge on any atom is -0.253 e. The molecule has 0 aliphatic heterocycles. The number of hydrogen-bond acceptors (Lipinski definition) is 6. The van der Waals surface area contributed by atoms with Crippen LogP contribution in [-0.2, 0) is 0 Å². The second-order valence-electron chi connectivity index (χ2n) is 13.6. The van der Waals surface area contributed by atoms with Crippen LogP contribution in [0.25, 0.3) is 100 Å². The first kappa shape index (κ1) is 32.2. The lowest BCUT2D eigenvalue weighted by Crippen LogP contribution is -2.00. The zero-order valence-electron chi connectivity index (χ0n) is 29.9. The van der Waals surface area contributed by atoms with E-state index in [0.29, 0.717) is 23.2 Å². The highest BCUT2D eigenvalue weighted by atomic mass is 15.0. The Balaban J connectivity index is 0.987. The van der Waals surface area contributed by atoms with Gasteiger partial charge in [0.1, 0.15) is 5.69 Å². The van der Waals surface area contributed by atoms with E-state index in [-0.39, 0.29) is 0 Å². The Morgan fingerprint density at radius 1 is 0.345 bits per heavy atom. The average Bonchev–Trinajstić information content (AvgIpc) is 3.26. The summed E-state index contributed by atoms with van der Waals surface area (Å²) in [6.45, 7) is 2.06. The maximum absolute atomic E-state index is 5.24. The molecular formula is C49H32N6. The van der Waals surface area contributed by atoms with Gasteiger partial charge in [0, 0.05) is 39.4 Å². The van der Waals surface area contributed by atoms with Crippen LogP contribution in [0.15, 0.2) is 176 Å². The molecule has 0 atom stereocenters. The van der Waals surface area contributed by atoms with Gasteiger partial charge in [-0.1, -0.05) is 146 Å². The van der Waals surface area contributed by atoms with Crippen LogP contribution >= 0.6 is 0 Å². The molecule has 0 bridgehead atoms. The summed E-state index contributed by atoms with van der Waals surface area (Å²) in [6.07, 6.45) is 1.75. The predicted octanol–water partition coefficient (Wildman–Crippen LogP) is 11.8. The minimum absolute atomic E-state index is 0.539. The highest BCUT2D eigenvalue weighted by Crippen LogP contribution is 2.36. The molecule has 10 aromatic rings. The highest BCUT2D eigenvalue weighted by molar-refractivity contribution is 6.09. The molecule has 55 heavy (non-hydrogen) atoms. The van der Waals surface area contributed by atoms with Gasteiger partial charge in [-0.15, -0.1) is 0 Å². The topological polar surface area (TPSA) is 77.3 Å². The number of nitrogens with zero attached hydrogens (tertiary/aromatic N) is 6. The van der Waals surface area contributed by atoms with Crippen LogP contribution in [-0.4, -0.2) is 29.9 Å². The molecule has 6 heteroatoms. The van der Waals surface area contributed by atoms with Gasteiger partial charge in [0.15, 0.2) is 17.5 Å². The van der Waals surface area contributed by atoms with Gasteiger partial charge in [-0.3, -0.25) is 9.97 Å². The summed E-state index contributed by atoms with van der Waals surface area (Å²) in [6, 6.07) is 58.5. The second kappa shape index (κ2) is 13.5. The molecule has 0 aliphatic rings. The molecule has 0 saturated carbocycles. The lowest BCUT2D eigenvalue weighted by atomic mass is 9.96. The van der Waals surface area contributed by atoms with E-state index < -0.39 is 0 Å². The maximum atomic E-state index is 5.24. The smallest absolute Gasteiger partial charge is 0.182 e. The molecule has 0 spiro atoms. The number of fused-ring (bicyclic) bond motifs is 4. The van der Waals surface area contributed by atoms with Gasteiger partial charge in [0.25, 0.3) is 0 Å². The summed E-state index contributed by atoms with van der Waals surface area (Å²) in [5.41, 5.74) is 11.8. The van der Waals surface area contributed by atoms with E-state index in [1.165, 1.54) is 10.8 Å². The fourth-order valence-electron chi connectivity index (χ4n) is 7.32. The molecule has 0 unspecified atom stereocenters. The van der Waals surface area contributed by atoms with Crippen molar-refractivity contribution in [3.63, 3.8) is 0 Å². The summed E-state index contributed by atoms with van der Waals surface area (Å²) in [4.78, 5) is 29.3. The zero-order valence-corrected chi connectivity index (χ0v) is 29.9. The van der Waals surface area contributed by atoms with Crippen LogP contribution in [0.1, 0.15) is 5.69 Å². The first-order chi connectivity index (χ1) is 27.1. The Bertz CT molecular complexity index is 2950. The van der Waals surface area contributed by atoms with Gasteiger partial charge in [0.2, 0.25) is 0 Å². The van der Waals surface area contributed by atoms with E-state index in [2.05, 4.69) is 133 Å². The predicted molar refractivity (Wildman–Crippen MR) is 223 cm³/mol. The fraction of sp³-hybridized carbons (Fsp3) is 0.0204. The molecule has 0 radical (unpaired) electrons. The van der Waals surface area contributed by atoms with Crippen molar-refractivity contribution >= 4 is 32.6 Å². The molecule has 6 nitrogen and oxygen atoms in total. The summed E-state index contributed by atoms with van der Waals surface area (Å²) < 4.78 is 0. The third kappa shape index (κ3) is 6.06. The largest absolute Gasteiger partial charge is 0.253 e. The molecule has 6 aromatic carbocycles. The van der Waals surface area contributed by atoms with E-state index in [1.807, 2.05) is 48.5 Å². The average molecular weight is 705 g/mol. The molecule has 10 rings (SSSR count). The summed E-state index contributed by atoms with van der Waals surface area (Å²) in [5.74, 6) is 1.75. The Morgan fingerprint density at radius 3 is 1.75 bits per heavy atom. The van der Waals surface area contributed by atoms with Crippen molar-refractivity contribution in [2.45, 2.75) is 6.92 Å². The number of hydrogen-bond donors (Lipinski definition) is 0. The summed E-state index contributed by atoms with van der Waals surface area (Å²) >= 11 is 0. The first-order valence-electron chi connectivity index (χ1n) is 18.3. The monoisotopic (exact) mass is 704 g/mol. The van der Waals surface area contributed by atoms with Crippen molar-refractivity contribution in [2.24, 2.45) is 0 Å². The zero-order chi connectivity index (χ0) is 36.7. The van der Waals surface area contributed by atoms with Crippen LogP contribution in [0.4, 0.5) is 0 Å². The lowest BCUT2D eigenvalue weighted by molar-refractivity contribution is 1.06. The Hall–Kier alpha value is -7.44. The van der Waals surface area contributed by atoms with Crippen molar-refractivity contribution < 1.29 is 0 Å². The third-order valence-electron chi connectivity index (χ3n) is 10.1. The summed E-state index contributed by atoms with van der Waals surface area (Å²) in [7, 11) is 0. The molecule has 4 heterocycles. The van der Waals surface area contributed by atoms with Crippen LogP contribution in [0, 0.1) is 6.92 Å². The van der Waals surface area contributed by atoms with E-state index in [1.54, 1.807) is 6.20 Å². The van der Waals surface area contributed by atoms with E-state index in [9.17, 15) is 0 Å². The van der Waals surface area contributed by atoms with Gasteiger partial charge in [-0.25, -0.2) is 19.9 Å². The van der Waals surface area contributed by atoms with E-state index >= 15 is 0 Å². The number of pyridine rings is 3. The molecule has 0 fully saturated rings. The molecule has 0 N–H and O–H groups in total. The quantitative estimate of drug-likeness (QED) is 0.160. The van der Waals surface area contributed by atoms with Crippen molar-refractivity contribution in [1.82, 2.24) is 29.9 Å². The van der Waals surface area contributed by atoms with Gasteiger partial charge in [0.05, 0.1) is 16.7 Å². The minimum atomic E-state index is 0.539. The molecule has 258 valence electrons. The van der Waals surface area contributed by atoms with Crippen molar-refractivity contribution in [3.05, 3.63) is 182 Å². The number of rotatable bonds is 6. The number of benzene rings is 6. The number of aromatic nitrogens is 6. The van der Waals surface area contributed by atoms with Gasteiger partial charge in [-0.2, -0.15) is 0 Å². The first-order valence-corrected chi connectivity index (χ1v) is 18.3. The Kier molecular flexibility index (Phi) is 7.92. The van der Waals surface area contributed by atoms with Crippen molar-refractivity contribution in [2.75, 3.05) is 0 Å². The molecule has 0 aliphatic carbocycles. The van der Waals surface area contributed by atoms with Crippen molar-refractivity contribution in [1.29, 1.82) is 0 Å². The van der Waals surface area contributed by atoms with Crippen molar-refractivity contribution in [3.8, 4) is 67.8 Å².